The zero-order valence-electron chi connectivity index (χ0n) is 8.72. The molecular formula is C10H12BrNO4. The molecule has 88 valence electrons. The van der Waals surface area contributed by atoms with Crippen LogP contribution in [0.2, 0.25) is 0 Å². The summed E-state index contributed by atoms with van der Waals surface area (Å²) < 4.78 is 5.87. The highest BCUT2D eigenvalue weighted by Gasteiger charge is 2.15. The second kappa shape index (κ2) is 5.81. The molecule has 0 radical (unpaired) electrons. The molecule has 0 bridgehead atoms. The van der Waals surface area contributed by atoms with Crippen LogP contribution in [0.1, 0.15) is 13.3 Å². The van der Waals surface area contributed by atoms with Crippen LogP contribution in [0.3, 0.4) is 0 Å². The molecule has 1 rings (SSSR count). The van der Waals surface area contributed by atoms with Gasteiger partial charge in [0.05, 0.1) is 17.6 Å². The van der Waals surface area contributed by atoms with Gasteiger partial charge in [0, 0.05) is 17.0 Å². The molecule has 0 spiro atoms. The van der Waals surface area contributed by atoms with Crippen molar-refractivity contribution in [3.8, 4) is 5.75 Å². The molecule has 1 atom stereocenters. The number of nitro benzene ring substituents is 1. The van der Waals surface area contributed by atoms with Crippen LogP contribution in [-0.4, -0.2) is 22.7 Å². The minimum absolute atomic E-state index is 0.0834. The first-order valence-electron chi connectivity index (χ1n) is 4.75. The Morgan fingerprint density at radius 2 is 2.31 bits per heavy atom. The van der Waals surface area contributed by atoms with Crippen LogP contribution in [0.15, 0.2) is 22.7 Å². The van der Waals surface area contributed by atoms with Gasteiger partial charge in [0.1, 0.15) is 0 Å². The summed E-state index contributed by atoms with van der Waals surface area (Å²) in [6, 6.07) is 4.59. The lowest BCUT2D eigenvalue weighted by Gasteiger charge is -2.08. The third-order valence-corrected chi connectivity index (χ3v) is 2.40. The molecule has 0 heterocycles. The highest BCUT2D eigenvalue weighted by molar-refractivity contribution is 9.10. The maximum Gasteiger partial charge on any atom is 0.312 e. The topological polar surface area (TPSA) is 72.6 Å². The minimum atomic E-state index is -0.498. The maximum atomic E-state index is 10.7. The first kappa shape index (κ1) is 12.9. The van der Waals surface area contributed by atoms with Crippen LogP contribution in [0.25, 0.3) is 0 Å². The third kappa shape index (κ3) is 3.79. The number of aliphatic hydroxyl groups excluding tert-OH is 1. The number of halogens is 1. The Morgan fingerprint density at radius 3 is 2.88 bits per heavy atom. The van der Waals surface area contributed by atoms with E-state index in [0.717, 1.165) is 0 Å². The van der Waals surface area contributed by atoms with Crippen molar-refractivity contribution >= 4 is 21.6 Å². The largest absolute Gasteiger partial charge is 0.487 e. The highest BCUT2D eigenvalue weighted by atomic mass is 79.9. The lowest BCUT2D eigenvalue weighted by molar-refractivity contribution is -0.386. The fraction of sp³-hybridized carbons (Fsp3) is 0.400. The number of ether oxygens (including phenoxy) is 1. The summed E-state index contributed by atoms with van der Waals surface area (Å²) in [5.74, 6) is 0.217. The summed E-state index contributed by atoms with van der Waals surface area (Å²) in [5.41, 5.74) is -0.0834. The van der Waals surface area contributed by atoms with Gasteiger partial charge in [0.25, 0.3) is 0 Å². The molecule has 1 unspecified atom stereocenters. The van der Waals surface area contributed by atoms with Crippen molar-refractivity contribution in [1.29, 1.82) is 0 Å². The monoisotopic (exact) mass is 289 g/mol. The molecule has 1 aromatic carbocycles. The van der Waals surface area contributed by atoms with Gasteiger partial charge in [-0.25, -0.2) is 0 Å². The van der Waals surface area contributed by atoms with Crippen molar-refractivity contribution in [2.24, 2.45) is 0 Å². The number of benzene rings is 1. The lowest BCUT2D eigenvalue weighted by atomic mass is 10.3. The maximum absolute atomic E-state index is 10.7. The number of nitro groups is 1. The van der Waals surface area contributed by atoms with Gasteiger partial charge in [-0.05, 0) is 19.1 Å². The van der Waals surface area contributed by atoms with Gasteiger partial charge in [0.2, 0.25) is 0 Å². The first-order valence-corrected chi connectivity index (χ1v) is 5.55. The van der Waals surface area contributed by atoms with Gasteiger partial charge in [-0.2, -0.15) is 0 Å². The molecule has 0 aliphatic heterocycles. The molecule has 6 heteroatoms. The van der Waals surface area contributed by atoms with Crippen molar-refractivity contribution in [2.45, 2.75) is 19.4 Å². The van der Waals surface area contributed by atoms with Crippen molar-refractivity contribution in [1.82, 2.24) is 0 Å². The van der Waals surface area contributed by atoms with E-state index in [9.17, 15) is 10.1 Å². The number of nitrogens with zero attached hydrogens (tertiary/aromatic N) is 1. The average molecular weight is 290 g/mol. The van der Waals surface area contributed by atoms with Crippen LogP contribution in [0.5, 0.6) is 5.75 Å². The standard InChI is InChI=1S/C10H12BrNO4/c1-7(13)4-5-16-10-3-2-8(11)6-9(10)12(14)15/h2-3,6-7,13H,4-5H2,1H3. The molecule has 1 aromatic rings. The third-order valence-electron chi connectivity index (χ3n) is 1.91. The molecule has 0 saturated carbocycles. The highest BCUT2D eigenvalue weighted by Crippen LogP contribution is 2.30. The van der Waals surface area contributed by atoms with Gasteiger partial charge in [0.15, 0.2) is 5.75 Å². The molecule has 0 aromatic heterocycles. The number of hydrogen-bond acceptors (Lipinski definition) is 4. The molecule has 0 amide bonds. The fourth-order valence-corrected chi connectivity index (χ4v) is 1.44. The smallest absolute Gasteiger partial charge is 0.312 e. The number of aliphatic hydroxyl groups is 1. The molecule has 0 aliphatic carbocycles. The Morgan fingerprint density at radius 1 is 1.62 bits per heavy atom. The van der Waals surface area contributed by atoms with Crippen molar-refractivity contribution in [2.75, 3.05) is 6.61 Å². The predicted octanol–water partition coefficient (Wildman–Crippen LogP) is 2.51. The molecule has 0 saturated heterocycles. The molecule has 0 aliphatic rings. The van der Waals surface area contributed by atoms with Crippen LogP contribution in [0, 0.1) is 10.1 Å². The van der Waals surface area contributed by atoms with Crippen molar-refractivity contribution in [3.05, 3.63) is 32.8 Å². The zero-order valence-corrected chi connectivity index (χ0v) is 10.3. The summed E-state index contributed by atoms with van der Waals surface area (Å²) in [6.45, 7) is 1.89. The molecular weight excluding hydrogens is 278 g/mol. The molecule has 16 heavy (non-hydrogen) atoms. The SMILES string of the molecule is CC(O)CCOc1ccc(Br)cc1[N+](=O)[O-]. The van der Waals surface area contributed by atoms with Crippen LogP contribution in [-0.2, 0) is 0 Å². The van der Waals surface area contributed by atoms with Crippen molar-refractivity contribution in [3.63, 3.8) is 0 Å². The number of hydrogen-bond donors (Lipinski definition) is 1. The van der Waals surface area contributed by atoms with Gasteiger partial charge >= 0.3 is 5.69 Å². The summed E-state index contributed by atoms with van der Waals surface area (Å²) in [5, 5.41) is 19.8. The van der Waals surface area contributed by atoms with Crippen molar-refractivity contribution < 1.29 is 14.8 Å². The van der Waals surface area contributed by atoms with E-state index >= 15 is 0 Å². The van der Waals surface area contributed by atoms with Gasteiger partial charge in [-0.15, -0.1) is 0 Å². The molecule has 5 nitrogen and oxygen atoms in total. The minimum Gasteiger partial charge on any atom is -0.487 e. The Hall–Kier alpha value is -1.14. The van der Waals surface area contributed by atoms with E-state index in [0.29, 0.717) is 10.9 Å². The van der Waals surface area contributed by atoms with E-state index in [1.165, 1.54) is 12.1 Å². The number of rotatable bonds is 5. The summed E-state index contributed by atoms with van der Waals surface area (Å²) in [4.78, 5) is 10.2. The summed E-state index contributed by atoms with van der Waals surface area (Å²) >= 11 is 3.16. The van der Waals surface area contributed by atoms with Crippen LogP contribution in [0.4, 0.5) is 5.69 Å². The Labute approximate surface area is 101 Å². The van der Waals surface area contributed by atoms with Crippen LogP contribution >= 0.6 is 15.9 Å². The second-order valence-corrected chi connectivity index (χ2v) is 4.27. The Kier molecular flexibility index (Phi) is 4.70. The quantitative estimate of drug-likeness (QED) is 0.668. The zero-order chi connectivity index (χ0) is 12.1. The first-order chi connectivity index (χ1) is 7.50. The summed E-state index contributed by atoms with van der Waals surface area (Å²) in [7, 11) is 0. The van der Waals surface area contributed by atoms with Crippen LogP contribution < -0.4 is 4.74 Å². The van der Waals surface area contributed by atoms with Gasteiger partial charge < -0.3 is 9.84 Å². The molecule has 0 fully saturated rings. The fourth-order valence-electron chi connectivity index (χ4n) is 1.09. The average Bonchev–Trinajstić information content (AvgIpc) is 2.19. The van der Waals surface area contributed by atoms with E-state index in [-0.39, 0.29) is 18.0 Å². The molecule has 1 N–H and O–H groups in total. The van der Waals surface area contributed by atoms with E-state index in [2.05, 4.69) is 15.9 Å². The predicted molar refractivity (Wildman–Crippen MR) is 62.6 cm³/mol. The van der Waals surface area contributed by atoms with E-state index in [1.54, 1.807) is 13.0 Å². The normalized spacial score (nSPS) is 12.2. The lowest BCUT2D eigenvalue weighted by Crippen LogP contribution is -2.08. The van der Waals surface area contributed by atoms with E-state index in [4.69, 9.17) is 9.84 Å². The van der Waals surface area contributed by atoms with Gasteiger partial charge in [-0.3, -0.25) is 10.1 Å². The summed E-state index contributed by atoms with van der Waals surface area (Å²) in [6.07, 6.45) is -0.0396. The Bertz CT molecular complexity index is 381. The Balaban J connectivity index is 2.75. The van der Waals surface area contributed by atoms with E-state index in [1.807, 2.05) is 0 Å². The van der Waals surface area contributed by atoms with E-state index < -0.39 is 11.0 Å². The second-order valence-electron chi connectivity index (χ2n) is 3.36. The van der Waals surface area contributed by atoms with Gasteiger partial charge in [-0.1, -0.05) is 15.9 Å².